The number of benzene rings is 1. The quantitative estimate of drug-likeness (QED) is 0.839. The standard InChI is InChI=1S/C10H7FN2O3/c1-5-2-6(4-7(11)3-5)8-12-13-9(16-8)10(14)15/h2-4H,1H3,(H,14,15). The number of halogens is 1. The zero-order chi connectivity index (χ0) is 11.7. The lowest BCUT2D eigenvalue weighted by Gasteiger charge is -1.97. The molecule has 1 N–H and O–H groups in total. The maximum absolute atomic E-state index is 13.1. The van der Waals surface area contributed by atoms with Gasteiger partial charge < -0.3 is 9.52 Å². The second-order valence-corrected chi connectivity index (χ2v) is 3.23. The topological polar surface area (TPSA) is 76.2 Å². The molecule has 0 amide bonds. The lowest BCUT2D eigenvalue weighted by atomic mass is 10.1. The predicted octanol–water partition coefficient (Wildman–Crippen LogP) is 1.88. The number of aromatic carboxylic acids is 1. The van der Waals surface area contributed by atoms with Gasteiger partial charge in [-0.2, -0.15) is 0 Å². The molecular weight excluding hydrogens is 215 g/mol. The second kappa shape index (κ2) is 3.73. The van der Waals surface area contributed by atoms with Crippen molar-refractivity contribution in [2.45, 2.75) is 6.92 Å². The van der Waals surface area contributed by atoms with Crippen molar-refractivity contribution < 1.29 is 18.7 Å². The number of aromatic nitrogens is 2. The van der Waals surface area contributed by atoms with Gasteiger partial charge in [0.25, 0.3) is 0 Å². The number of carboxylic acids is 1. The molecule has 1 aromatic heterocycles. The summed E-state index contributed by atoms with van der Waals surface area (Å²) < 4.78 is 17.9. The SMILES string of the molecule is Cc1cc(F)cc(-c2nnc(C(=O)O)o2)c1. The first-order valence-electron chi connectivity index (χ1n) is 4.40. The Morgan fingerprint density at radius 3 is 2.69 bits per heavy atom. The molecular formula is C10H7FN2O3. The van der Waals surface area contributed by atoms with Crippen LogP contribution >= 0.6 is 0 Å². The molecule has 0 saturated carbocycles. The fourth-order valence-electron chi connectivity index (χ4n) is 1.29. The number of hydrogen-bond donors (Lipinski definition) is 1. The van der Waals surface area contributed by atoms with Crippen LogP contribution in [0.4, 0.5) is 4.39 Å². The van der Waals surface area contributed by atoms with E-state index in [2.05, 4.69) is 10.2 Å². The third-order valence-corrected chi connectivity index (χ3v) is 1.90. The molecule has 16 heavy (non-hydrogen) atoms. The molecule has 0 fully saturated rings. The number of aryl methyl sites for hydroxylation is 1. The molecule has 5 nitrogen and oxygen atoms in total. The van der Waals surface area contributed by atoms with Crippen LogP contribution in [0.1, 0.15) is 16.2 Å². The van der Waals surface area contributed by atoms with Crippen LogP contribution in [-0.2, 0) is 0 Å². The van der Waals surface area contributed by atoms with E-state index in [0.29, 0.717) is 11.1 Å². The van der Waals surface area contributed by atoms with Gasteiger partial charge in [-0.1, -0.05) is 0 Å². The first kappa shape index (κ1) is 10.3. The van der Waals surface area contributed by atoms with E-state index in [-0.39, 0.29) is 5.89 Å². The highest BCUT2D eigenvalue weighted by Crippen LogP contribution is 2.20. The third-order valence-electron chi connectivity index (χ3n) is 1.90. The van der Waals surface area contributed by atoms with Crippen LogP contribution in [0.2, 0.25) is 0 Å². The monoisotopic (exact) mass is 222 g/mol. The Kier molecular flexibility index (Phi) is 2.40. The zero-order valence-corrected chi connectivity index (χ0v) is 8.27. The largest absolute Gasteiger partial charge is 0.474 e. The molecule has 0 spiro atoms. The molecule has 1 aromatic carbocycles. The van der Waals surface area contributed by atoms with Gasteiger partial charge in [-0.05, 0) is 30.7 Å². The van der Waals surface area contributed by atoms with Crippen LogP contribution in [0.5, 0.6) is 0 Å². The van der Waals surface area contributed by atoms with Gasteiger partial charge >= 0.3 is 11.9 Å². The summed E-state index contributed by atoms with van der Waals surface area (Å²) in [6.07, 6.45) is 0. The maximum atomic E-state index is 13.1. The van der Waals surface area contributed by atoms with Gasteiger partial charge in [-0.15, -0.1) is 10.2 Å². The molecule has 82 valence electrons. The Balaban J connectivity index is 2.46. The highest BCUT2D eigenvalue weighted by molar-refractivity contribution is 5.82. The number of hydrogen-bond acceptors (Lipinski definition) is 4. The van der Waals surface area contributed by atoms with E-state index in [0.717, 1.165) is 0 Å². The van der Waals surface area contributed by atoms with Crippen molar-refractivity contribution in [2.24, 2.45) is 0 Å². The van der Waals surface area contributed by atoms with Gasteiger partial charge in [0.2, 0.25) is 5.89 Å². The summed E-state index contributed by atoms with van der Waals surface area (Å²) in [5.41, 5.74) is 1.04. The summed E-state index contributed by atoms with van der Waals surface area (Å²) in [4.78, 5) is 10.5. The van der Waals surface area contributed by atoms with Crippen molar-refractivity contribution in [3.63, 3.8) is 0 Å². The van der Waals surface area contributed by atoms with Crippen molar-refractivity contribution in [2.75, 3.05) is 0 Å². The molecule has 2 aromatic rings. The van der Waals surface area contributed by atoms with E-state index in [1.807, 2.05) is 0 Å². The van der Waals surface area contributed by atoms with Crippen LogP contribution in [0.3, 0.4) is 0 Å². The molecule has 0 atom stereocenters. The van der Waals surface area contributed by atoms with Crippen molar-refractivity contribution >= 4 is 5.97 Å². The lowest BCUT2D eigenvalue weighted by molar-refractivity contribution is 0.0654. The molecule has 0 radical (unpaired) electrons. The van der Waals surface area contributed by atoms with E-state index in [9.17, 15) is 9.18 Å². The predicted molar refractivity (Wildman–Crippen MR) is 51.4 cm³/mol. The third kappa shape index (κ3) is 1.90. The maximum Gasteiger partial charge on any atom is 0.393 e. The Morgan fingerprint density at radius 2 is 2.12 bits per heavy atom. The molecule has 0 bridgehead atoms. The minimum atomic E-state index is -1.31. The number of rotatable bonds is 2. The van der Waals surface area contributed by atoms with Gasteiger partial charge in [-0.3, -0.25) is 0 Å². The highest BCUT2D eigenvalue weighted by atomic mass is 19.1. The smallest absolute Gasteiger partial charge is 0.393 e. The fourth-order valence-corrected chi connectivity index (χ4v) is 1.29. The van der Waals surface area contributed by atoms with Gasteiger partial charge in [0.15, 0.2) is 0 Å². The van der Waals surface area contributed by atoms with E-state index in [4.69, 9.17) is 9.52 Å². The first-order chi connectivity index (χ1) is 7.56. The average Bonchev–Trinajstić information content (AvgIpc) is 2.64. The number of carbonyl (C=O) groups is 1. The molecule has 0 aliphatic rings. The zero-order valence-electron chi connectivity index (χ0n) is 8.27. The summed E-state index contributed by atoms with van der Waals surface area (Å²) in [7, 11) is 0. The van der Waals surface area contributed by atoms with Crippen molar-refractivity contribution in [1.29, 1.82) is 0 Å². The van der Waals surface area contributed by atoms with E-state index in [1.54, 1.807) is 13.0 Å². The van der Waals surface area contributed by atoms with Gasteiger partial charge in [-0.25, -0.2) is 9.18 Å². The molecule has 0 unspecified atom stereocenters. The molecule has 6 heteroatoms. The fraction of sp³-hybridized carbons (Fsp3) is 0.100. The second-order valence-electron chi connectivity index (χ2n) is 3.23. The summed E-state index contributed by atoms with van der Waals surface area (Å²) in [6, 6.07) is 4.17. The summed E-state index contributed by atoms with van der Waals surface area (Å²) >= 11 is 0. The van der Waals surface area contributed by atoms with Gasteiger partial charge in [0.1, 0.15) is 5.82 Å². The van der Waals surface area contributed by atoms with Crippen LogP contribution in [0, 0.1) is 12.7 Å². The molecule has 0 aliphatic carbocycles. The van der Waals surface area contributed by atoms with Crippen molar-refractivity contribution in [1.82, 2.24) is 10.2 Å². The summed E-state index contributed by atoms with van der Waals surface area (Å²) in [5, 5.41) is 15.4. The minimum absolute atomic E-state index is 0.0139. The van der Waals surface area contributed by atoms with Crippen LogP contribution in [0.25, 0.3) is 11.5 Å². The van der Waals surface area contributed by atoms with E-state index < -0.39 is 17.7 Å². The van der Waals surface area contributed by atoms with Gasteiger partial charge in [0.05, 0.1) is 0 Å². The average molecular weight is 222 g/mol. The Bertz CT molecular complexity index is 530. The van der Waals surface area contributed by atoms with Crippen LogP contribution in [0.15, 0.2) is 22.6 Å². The molecule has 2 rings (SSSR count). The molecule has 0 saturated heterocycles. The van der Waals surface area contributed by atoms with Crippen molar-refractivity contribution in [3.8, 4) is 11.5 Å². The van der Waals surface area contributed by atoms with Gasteiger partial charge in [0, 0.05) is 5.56 Å². The Morgan fingerprint density at radius 1 is 1.38 bits per heavy atom. The number of carboxylic acid groups (broad SMARTS) is 1. The summed E-state index contributed by atoms with van der Waals surface area (Å²) in [5.74, 6) is -2.28. The lowest BCUT2D eigenvalue weighted by Crippen LogP contribution is -1.95. The van der Waals surface area contributed by atoms with E-state index >= 15 is 0 Å². The van der Waals surface area contributed by atoms with Crippen LogP contribution < -0.4 is 0 Å². The number of nitrogens with zero attached hydrogens (tertiary/aromatic N) is 2. The normalized spacial score (nSPS) is 10.4. The summed E-state index contributed by atoms with van der Waals surface area (Å²) in [6.45, 7) is 1.71. The first-order valence-corrected chi connectivity index (χ1v) is 4.40. The van der Waals surface area contributed by atoms with Crippen molar-refractivity contribution in [3.05, 3.63) is 35.5 Å². The minimum Gasteiger partial charge on any atom is -0.474 e. The van der Waals surface area contributed by atoms with E-state index in [1.165, 1.54) is 12.1 Å². The van der Waals surface area contributed by atoms with Crippen LogP contribution in [-0.4, -0.2) is 21.3 Å². The highest BCUT2D eigenvalue weighted by Gasteiger charge is 2.14. The Labute approximate surface area is 89.5 Å². The Hall–Kier alpha value is -2.24. The molecule has 1 heterocycles. The molecule has 0 aliphatic heterocycles.